The van der Waals surface area contributed by atoms with Crippen LogP contribution >= 0.6 is 22.6 Å². The monoisotopic (exact) mass is 298 g/mol. The average molecular weight is 298 g/mol. The summed E-state index contributed by atoms with van der Waals surface area (Å²) < 4.78 is 13.0. The molecule has 0 saturated heterocycles. The van der Waals surface area contributed by atoms with Crippen molar-refractivity contribution in [2.75, 3.05) is 6.61 Å². The summed E-state index contributed by atoms with van der Waals surface area (Å²) in [6.07, 6.45) is 2.88. The van der Waals surface area contributed by atoms with Crippen molar-refractivity contribution in [1.29, 1.82) is 0 Å². The zero-order valence-corrected chi connectivity index (χ0v) is 11.0. The van der Waals surface area contributed by atoms with E-state index in [2.05, 4.69) is 42.5 Å². The molecule has 0 amide bonds. The van der Waals surface area contributed by atoms with Gasteiger partial charge in [0.2, 0.25) is 0 Å². The lowest BCUT2D eigenvalue weighted by atomic mass is 10.1. The number of ether oxygens (including phenoxy) is 2. The lowest BCUT2D eigenvalue weighted by Gasteiger charge is -2.27. The summed E-state index contributed by atoms with van der Waals surface area (Å²) in [6.45, 7) is 8.73. The molecule has 0 saturated carbocycles. The van der Waals surface area contributed by atoms with Crippen molar-refractivity contribution in [3.63, 3.8) is 0 Å². The molecule has 2 nitrogen and oxygen atoms in total. The molecule has 0 rings (SSSR count). The fraction of sp³-hybridized carbons (Fsp3) is 0.800. The van der Waals surface area contributed by atoms with E-state index in [1.54, 1.807) is 0 Å². The van der Waals surface area contributed by atoms with Gasteiger partial charge < -0.3 is 9.47 Å². The maximum Gasteiger partial charge on any atom is 0.155 e. The van der Waals surface area contributed by atoms with Crippen LogP contribution in [0.5, 0.6) is 0 Å². The van der Waals surface area contributed by atoms with Crippen molar-refractivity contribution in [3.8, 4) is 0 Å². The van der Waals surface area contributed by atoms with Gasteiger partial charge in [0.15, 0.2) is 6.29 Å². The van der Waals surface area contributed by atoms with Crippen LogP contribution < -0.4 is 0 Å². The predicted molar refractivity (Wildman–Crippen MR) is 64.0 cm³/mol. The smallest absolute Gasteiger partial charge is 0.155 e. The molecule has 0 spiro atoms. The van der Waals surface area contributed by atoms with Crippen LogP contribution in [0.15, 0.2) is 10.2 Å². The highest BCUT2D eigenvalue weighted by molar-refractivity contribution is 14.1. The quantitative estimate of drug-likeness (QED) is 0.552. The van der Waals surface area contributed by atoms with Gasteiger partial charge >= 0.3 is 0 Å². The first-order chi connectivity index (χ1) is 6.02. The Bertz CT molecular complexity index is 155. The van der Waals surface area contributed by atoms with Crippen LogP contribution in [0.2, 0.25) is 0 Å². The molecule has 0 fully saturated rings. The first kappa shape index (κ1) is 13.4. The van der Waals surface area contributed by atoms with Gasteiger partial charge in [-0.1, -0.05) is 28.7 Å². The van der Waals surface area contributed by atoms with Crippen LogP contribution in [0.3, 0.4) is 0 Å². The molecule has 0 radical (unpaired) electrons. The summed E-state index contributed by atoms with van der Waals surface area (Å²) in [5, 5.41) is 0. The minimum atomic E-state index is -0.143. The van der Waals surface area contributed by atoms with Crippen LogP contribution in [0, 0.1) is 0 Å². The zero-order chi connectivity index (χ0) is 10.3. The normalized spacial score (nSPS) is 15.2. The standard InChI is InChI=1S/C10H19IO2/c1-5-12-9(2)13-10(3,4)7-6-8-11/h6,8-9H,5,7H2,1-4H3/b8-6+. The Morgan fingerprint density at radius 2 is 2.08 bits per heavy atom. The topological polar surface area (TPSA) is 18.5 Å². The Labute approximate surface area is 94.8 Å². The van der Waals surface area contributed by atoms with Gasteiger partial charge in [-0.25, -0.2) is 0 Å². The molecule has 3 heteroatoms. The second-order valence-electron chi connectivity index (χ2n) is 3.47. The first-order valence-electron chi connectivity index (χ1n) is 4.56. The summed E-state index contributed by atoms with van der Waals surface area (Å²) in [5.74, 6) is 0. The average Bonchev–Trinajstić information content (AvgIpc) is 2.00. The Morgan fingerprint density at radius 1 is 1.46 bits per heavy atom. The molecule has 78 valence electrons. The number of hydrogen-bond donors (Lipinski definition) is 0. The van der Waals surface area contributed by atoms with Crippen LogP contribution in [0.4, 0.5) is 0 Å². The lowest BCUT2D eigenvalue weighted by molar-refractivity contribution is -0.187. The molecule has 0 aliphatic heterocycles. The SMILES string of the molecule is CCOC(C)OC(C)(C)C/C=C/I. The van der Waals surface area contributed by atoms with Crippen LogP contribution in [0.1, 0.15) is 34.1 Å². The Kier molecular flexibility index (Phi) is 6.99. The zero-order valence-electron chi connectivity index (χ0n) is 8.84. The minimum absolute atomic E-state index is 0.123. The third kappa shape index (κ3) is 7.46. The molecule has 0 aliphatic rings. The Morgan fingerprint density at radius 3 is 2.54 bits per heavy atom. The largest absolute Gasteiger partial charge is 0.353 e. The third-order valence-electron chi connectivity index (χ3n) is 1.58. The Hall–Kier alpha value is 0.390. The first-order valence-corrected chi connectivity index (χ1v) is 5.81. The highest BCUT2D eigenvalue weighted by atomic mass is 127. The van der Waals surface area contributed by atoms with Gasteiger partial charge in [-0.2, -0.15) is 0 Å². The van der Waals surface area contributed by atoms with Crippen molar-refractivity contribution >= 4 is 22.6 Å². The summed E-state index contributed by atoms with van der Waals surface area (Å²) in [7, 11) is 0. The number of rotatable bonds is 6. The molecule has 0 N–H and O–H groups in total. The van der Waals surface area contributed by atoms with Gasteiger partial charge in [0, 0.05) is 6.61 Å². The maximum atomic E-state index is 5.70. The van der Waals surface area contributed by atoms with Crippen molar-refractivity contribution in [2.45, 2.75) is 46.0 Å². The predicted octanol–water partition coefficient (Wildman–Crippen LogP) is 3.50. The van der Waals surface area contributed by atoms with Crippen LogP contribution in [-0.4, -0.2) is 18.5 Å². The molecular weight excluding hydrogens is 279 g/mol. The summed E-state index contributed by atoms with van der Waals surface area (Å²) in [4.78, 5) is 0. The summed E-state index contributed by atoms with van der Waals surface area (Å²) in [5.41, 5.74) is -0.143. The van der Waals surface area contributed by atoms with Crippen molar-refractivity contribution in [3.05, 3.63) is 10.2 Å². The van der Waals surface area contributed by atoms with E-state index in [1.807, 2.05) is 17.9 Å². The molecule has 0 heterocycles. The van der Waals surface area contributed by atoms with Crippen LogP contribution in [-0.2, 0) is 9.47 Å². The second kappa shape index (κ2) is 6.79. The van der Waals surface area contributed by atoms with Gasteiger partial charge in [0.25, 0.3) is 0 Å². The van der Waals surface area contributed by atoms with E-state index < -0.39 is 0 Å². The van der Waals surface area contributed by atoms with E-state index >= 15 is 0 Å². The minimum Gasteiger partial charge on any atom is -0.353 e. The van der Waals surface area contributed by atoms with Crippen LogP contribution in [0.25, 0.3) is 0 Å². The molecule has 0 bridgehead atoms. The van der Waals surface area contributed by atoms with E-state index in [-0.39, 0.29) is 11.9 Å². The van der Waals surface area contributed by atoms with Crippen molar-refractivity contribution < 1.29 is 9.47 Å². The van der Waals surface area contributed by atoms with Crippen molar-refractivity contribution in [1.82, 2.24) is 0 Å². The molecule has 13 heavy (non-hydrogen) atoms. The van der Waals surface area contributed by atoms with Gasteiger partial charge in [-0.15, -0.1) is 0 Å². The summed E-state index contributed by atoms with van der Waals surface area (Å²) >= 11 is 2.21. The van der Waals surface area contributed by atoms with E-state index in [9.17, 15) is 0 Å². The lowest BCUT2D eigenvalue weighted by Crippen LogP contribution is -2.30. The molecule has 0 aromatic carbocycles. The number of hydrogen-bond acceptors (Lipinski definition) is 2. The van der Waals surface area contributed by atoms with E-state index in [4.69, 9.17) is 9.47 Å². The van der Waals surface area contributed by atoms with Gasteiger partial charge in [-0.3, -0.25) is 0 Å². The Balaban J connectivity index is 3.85. The molecule has 0 aromatic rings. The fourth-order valence-electron chi connectivity index (χ4n) is 1.09. The molecular formula is C10H19IO2. The number of halogens is 1. The second-order valence-corrected chi connectivity index (χ2v) is 4.19. The highest BCUT2D eigenvalue weighted by Gasteiger charge is 2.19. The molecule has 0 aliphatic carbocycles. The summed E-state index contributed by atoms with van der Waals surface area (Å²) in [6, 6.07) is 0. The van der Waals surface area contributed by atoms with Gasteiger partial charge in [0.05, 0.1) is 5.60 Å². The van der Waals surface area contributed by atoms with Gasteiger partial charge in [0.1, 0.15) is 0 Å². The van der Waals surface area contributed by atoms with E-state index in [1.165, 1.54) is 0 Å². The fourth-order valence-corrected chi connectivity index (χ4v) is 1.35. The third-order valence-corrected chi connectivity index (χ3v) is 2.09. The van der Waals surface area contributed by atoms with E-state index in [0.717, 1.165) is 6.42 Å². The highest BCUT2D eigenvalue weighted by Crippen LogP contribution is 2.18. The molecule has 0 aromatic heterocycles. The molecule has 1 unspecified atom stereocenters. The van der Waals surface area contributed by atoms with Crippen molar-refractivity contribution in [2.24, 2.45) is 0 Å². The van der Waals surface area contributed by atoms with E-state index in [0.29, 0.717) is 6.61 Å². The van der Waals surface area contributed by atoms with Gasteiger partial charge in [-0.05, 0) is 38.2 Å². The molecule has 1 atom stereocenters. The maximum absolute atomic E-state index is 5.70.